The fourth-order valence-electron chi connectivity index (χ4n) is 3.37. The smallest absolute Gasteiger partial charge is 0.157 e. The van der Waals surface area contributed by atoms with E-state index in [4.69, 9.17) is 9.47 Å². The molecule has 3 heteroatoms. The van der Waals surface area contributed by atoms with E-state index in [1.807, 2.05) is 0 Å². The van der Waals surface area contributed by atoms with Crippen LogP contribution >= 0.6 is 7.26 Å². The van der Waals surface area contributed by atoms with Crippen molar-refractivity contribution in [2.45, 2.75) is 116 Å². The zero-order valence-electron chi connectivity index (χ0n) is 20.7. The van der Waals surface area contributed by atoms with Crippen LogP contribution in [0.5, 0.6) is 0 Å². The van der Waals surface area contributed by atoms with Crippen LogP contribution in [0.3, 0.4) is 0 Å². The molecule has 0 amide bonds. The summed E-state index contributed by atoms with van der Waals surface area (Å²) in [6.07, 6.45) is 25.1. The first kappa shape index (κ1) is 29.1. The summed E-state index contributed by atoms with van der Waals surface area (Å²) in [5.41, 5.74) is 0. The van der Waals surface area contributed by atoms with Gasteiger partial charge in [0, 0.05) is 40.5 Å². The average Bonchev–Trinajstić information content (AvgIpc) is 2.67. The maximum Gasteiger partial charge on any atom is 0.157 e. The van der Waals surface area contributed by atoms with Gasteiger partial charge in [-0.15, -0.1) is 0 Å². The second kappa shape index (κ2) is 21.3. The third-order valence-electron chi connectivity index (χ3n) is 5.28. The highest BCUT2D eigenvalue weighted by Gasteiger charge is 2.14. The number of hydrogen-bond donors (Lipinski definition) is 0. The molecule has 0 heterocycles. The van der Waals surface area contributed by atoms with Gasteiger partial charge in [0.25, 0.3) is 0 Å². The minimum absolute atomic E-state index is 0.0227. The predicted molar refractivity (Wildman–Crippen MR) is 135 cm³/mol. The summed E-state index contributed by atoms with van der Waals surface area (Å²) in [4.78, 5) is 0. The van der Waals surface area contributed by atoms with Gasteiger partial charge in [-0.25, -0.2) is 0 Å². The molecule has 0 spiro atoms. The zero-order valence-corrected chi connectivity index (χ0v) is 21.6. The first-order chi connectivity index (χ1) is 14.0. The van der Waals surface area contributed by atoms with E-state index in [9.17, 15) is 0 Å². The molecule has 0 aliphatic heterocycles. The molecule has 0 fully saturated rings. The summed E-state index contributed by atoms with van der Waals surface area (Å²) < 4.78 is 12.1. The average molecular weight is 430 g/mol. The van der Waals surface area contributed by atoms with Crippen LogP contribution in [0, 0.1) is 0 Å². The third-order valence-corrected chi connectivity index (χ3v) is 6.94. The molecule has 0 saturated heterocycles. The van der Waals surface area contributed by atoms with Crippen LogP contribution in [-0.4, -0.2) is 45.7 Å². The number of ether oxygens (including phenoxy) is 2. The molecule has 0 saturated carbocycles. The van der Waals surface area contributed by atoms with Gasteiger partial charge in [0.1, 0.15) is 0 Å². The molecule has 0 aliphatic carbocycles. The summed E-state index contributed by atoms with van der Waals surface area (Å²) >= 11 is 0. The van der Waals surface area contributed by atoms with Crippen LogP contribution < -0.4 is 0 Å². The SMILES string of the molecule is CCCCCCOC(CCCCC/C=C/CCC[P+](C)(C)C)OCCCCCC. The van der Waals surface area contributed by atoms with Crippen molar-refractivity contribution < 1.29 is 9.47 Å². The van der Waals surface area contributed by atoms with E-state index in [1.54, 1.807) is 0 Å². The van der Waals surface area contributed by atoms with Gasteiger partial charge in [-0.2, -0.15) is 0 Å². The molecule has 0 N–H and O–H groups in total. The van der Waals surface area contributed by atoms with Crippen molar-refractivity contribution in [3.05, 3.63) is 12.2 Å². The Morgan fingerprint density at radius 1 is 0.621 bits per heavy atom. The molecule has 0 rings (SSSR count). The largest absolute Gasteiger partial charge is 0.353 e. The van der Waals surface area contributed by atoms with E-state index < -0.39 is 7.26 Å². The Morgan fingerprint density at radius 3 is 1.66 bits per heavy atom. The first-order valence-electron chi connectivity index (χ1n) is 12.7. The molecule has 0 aromatic carbocycles. The quantitative estimate of drug-likeness (QED) is 0.0741. The van der Waals surface area contributed by atoms with Crippen LogP contribution in [0.4, 0.5) is 0 Å². The maximum atomic E-state index is 6.06. The Morgan fingerprint density at radius 2 is 1.14 bits per heavy atom. The summed E-state index contributed by atoms with van der Waals surface area (Å²) in [6.45, 7) is 13.5. The van der Waals surface area contributed by atoms with Crippen molar-refractivity contribution in [3.63, 3.8) is 0 Å². The van der Waals surface area contributed by atoms with Crippen molar-refractivity contribution in [1.82, 2.24) is 0 Å². The zero-order chi connectivity index (χ0) is 21.6. The Hall–Kier alpha value is 0.0900. The van der Waals surface area contributed by atoms with Gasteiger partial charge in [0.15, 0.2) is 6.29 Å². The highest BCUT2D eigenvalue weighted by molar-refractivity contribution is 7.73. The fourth-order valence-corrected chi connectivity index (χ4v) is 4.50. The minimum atomic E-state index is -0.582. The minimum Gasteiger partial charge on any atom is -0.353 e. The molecule has 0 unspecified atom stereocenters. The highest BCUT2D eigenvalue weighted by atomic mass is 31.2. The number of unbranched alkanes of at least 4 members (excludes halogenated alkanes) is 10. The normalized spacial score (nSPS) is 12.5. The summed E-state index contributed by atoms with van der Waals surface area (Å²) in [6, 6.07) is 0. The van der Waals surface area contributed by atoms with Crippen LogP contribution in [0.1, 0.15) is 110 Å². The Bertz CT molecular complexity index is 335. The molecule has 174 valence electrons. The Labute approximate surface area is 184 Å². The Kier molecular flexibility index (Phi) is 21.4. The second-order valence-electron chi connectivity index (χ2n) is 9.56. The lowest BCUT2D eigenvalue weighted by Crippen LogP contribution is -2.19. The van der Waals surface area contributed by atoms with Crippen molar-refractivity contribution >= 4 is 7.26 Å². The lowest BCUT2D eigenvalue weighted by Gasteiger charge is -2.19. The molecule has 0 bridgehead atoms. The summed E-state index contributed by atoms with van der Waals surface area (Å²) in [5, 5.41) is 0. The van der Waals surface area contributed by atoms with E-state index >= 15 is 0 Å². The van der Waals surface area contributed by atoms with E-state index in [0.29, 0.717) is 0 Å². The van der Waals surface area contributed by atoms with Crippen molar-refractivity contribution in [1.29, 1.82) is 0 Å². The van der Waals surface area contributed by atoms with Gasteiger partial charge in [-0.3, -0.25) is 0 Å². The Balaban J connectivity index is 3.80. The molecule has 0 aliphatic rings. The molecule has 2 nitrogen and oxygen atoms in total. The van der Waals surface area contributed by atoms with Crippen molar-refractivity contribution in [3.8, 4) is 0 Å². The van der Waals surface area contributed by atoms with Gasteiger partial charge in [0.05, 0.1) is 6.16 Å². The molecule has 0 radical (unpaired) electrons. The van der Waals surface area contributed by atoms with E-state index in [0.717, 1.165) is 19.6 Å². The standard InChI is InChI=1S/C26H54O2P/c1-6-8-10-19-23-27-26(28-24-20-11-9-7-2)22-18-16-14-12-13-15-17-21-25-29(3,4)5/h13,15,26H,6-12,14,16-25H2,1-5H3/q+1/b15-13+. The van der Waals surface area contributed by atoms with Gasteiger partial charge >= 0.3 is 0 Å². The number of hydrogen-bond acceptors (Lipinski definition) is 2. The van der Waals surface area contributed by atoms with Crippen LogP contribution in [0.25, 0.3) is 0 Å². The van der Waals surface area contributed by atoms with Crippen LogP contribution in [0.15, 0.2) is 12.2 Å². The van der Waals surface area contributed by atoms with Gasteiger partial charge in [0.2, 0.25) is 0 Å². The van der Waals surface area contributed by atoms with E-state index in [-0.39, 0.29) is 6.29 Å². The number of allylic oxidation sites excluding steroid dienone is 2. The number of rotatable bonds is 22. The third kappa shape index (κ3) is 24.2. The van der Waals surface area contributed by atoms with Crippen LogP contribution in [0.2, 0.25) is 0 Å². The molecule has 0 aromatic rings. The summed E-state index contributed by atoms with van der Waals surface area (Å²) in [7, 11) is -0.582. The van der Waals surface area contributed by atoms with Gasteiger partial charge in [-0.05, 0) is 51.4 Å². The second-order valence-corrected chi connectivity index (χ2v) is 14.6. The van der Waals surface area contributed by atoms with Gasteiger partial charge in [-0.1, -0.05) is 70.9 Å². The van der Waals surface area contributed by atoms with E-state index in [2.05, 4.69) is 46.0 Å². The summed E-state index contributed by atoms with van der Waals surface area (Å²) in [5.74, 6) is 0. The molecule has 0 aromatic heterocycles. The molecular formula is C26H54O2P+. The van der Waals surface area contributed by atoms with Crippen molar-refractivity contribution in [2.24, 2.45) is 0 Å². The predicted octanol–water partition coefficient (Wildman–Crippen LogP) is 8.70. The maximum absolute atomic E-state index is 6.06. The van der Waals surface area contributed by atoms with Crippen molar-refractivity contribution in [2.75, 3.05) is 39.4 Å². The van der Waals surface area contributed by atoms with E-state index in [1.165, 1.54) is 96.1 Å². The molecule has 0 atom stereocenters. The first-order valence-corrected chi connectivity index (χ1v) is 16.0. The lowest BCUT2D eigenvalue weighted by molar-refractivity contribution is -0.148. The highest BCUT2D eigenvalue weighted by Crippen LogP contribution is 2.47. The topological polar surface area (TPSA) is 18.5 Å². The van der Waals surface area contributed by atoms with Crippen LogP contribution in [-0.2, 0) is 9.47 Å². The van der Waals surface area contributed by atoms with Gasteiger partial charge < -0.3 is 9.47 Å². The fraction of sp³-hybridized carbons (Fsp3) is 0.923. The monoisotopic (exact) mass is 429 g/mol. The lowest BCUT2D eigenvalue weighted by atomic mass is 10.1. The molecular weight excluding hydrogens is 375 g/mol. The molecule has 29 heavy (non-hydrogen) atoms.